The first kappa shape index (κ1) is 37.7. The molecule has 1 aliphatic heterocycles. The third-order valence-corrected chi connectivity index (χ3v) is 7.66. The van der Waals surface area contributed by atoms with E-state index in [2.05, 4.69) is 26.1 Å². The molecule has 0 saturated carbocycles. The van der Waals surface area contributed by atoms with Crippen LogP contribution in [0.1, 0.15) is 44.9 Å². The Balaban J connectivity index is 0.00000130. The summed E-state index contributed by atoms with van der Waals surface area (Å²) in [4.78, 5) is 0. The summed E-state index contributed by atoms with van der Waals surface area (Å²) in [6.07, 6.45) is 7.95. The highest BCUT2D eigenvalue weighted by atomic mass is 32.2. The van der Waals surface area contributed by atoms with Crippen molar-refractivity contribution in [2.75, 3.05) is 29.9 Å². The van der Waals surface area contributed by atoms with Gasteiger partial charge in [-0.3, -0.25) is 9.11 Å². The Morgan fingerprint density at radius 1 is 0.867 bits per heavy atom. The number of anilines is 1. The van der Waals surface area contributed by atoms with Crippen LogP contribution in [-0.2, 0) is 25.7 Å². The number of nitrogens with one attached hydrogen (secondary N) is 1. The molecule has 0 atom stereocenters. The first-order valence-corrected chi connectivity index (χ1v) is 17.0. The van der Waals surface area contributed by atoms with Gasteiger partial charge in [-0.1, -0.05) is 51.1 Å². The normalized spacial score (nSPS) is 12.8. The van der Waals surface area contributed by atoms with Crippen LogP contribution in [-0.4, -0.2) is 57.8 Å². The molecule has 0 unspecified atom stereocenters. The van der Waals surface area contributed by atoms with Crippen molar-refractivity contribution in [3.8, 4) is 11.3 Å². The fourth-order valence-corrected chi connectivity index (χ4v) is 5.03. The Morgan fingerprint density at radius 3 is 1.93 bits per heavy atom. The van der Waals surface area contributed by atoms with Crippen LogP contribution in [0.5, 0.6) is 0 Å². The van der Waals surface area contributed by atoms with E-state index in [-0.39, 0.29) is 31.3 Å². The highest BCUT2D eigenvalue weighted by Gasteiger charge is 2.22. The highest BCUT2D eigenvalue weighted by molar-refractivity contribution is 7.86. The standard InChI is InChI=1S/C29H36N2O7S2.BF4/c1-29(2,3)28-21-23(11-7-8-16-30-24-12-5-4-6-13-24)26-15-14-25(22-27(26)38-28)31(17-9-19-39(32,33)34)18-10-20-40(35,36)37;2-1(3,4)5/h4-8,11-16,21-22H,9-10,17-20H2,1-3H3,(H2,32,33,34,35,36,37);/q;-1/p+1. The summed E-state index contributed by atoms with van der Waals surface area (Å²) in [6.45, 7) is 6.66. The second-order valence-electron chi connectivity index (χ2n) is 11.0. The van der Waals surface area contributed by atoms with Crippen LogP contribution in [0.4, 0.5) is 23.0 Å². The molecule has 1 aromatic carbocycles. The molecule has 1 heterocycles. The van der Waals surface area contributed by atoms with E-state index in [0.29, 0.717) is 11.1 Å². The van der Waals surface area contributed by atoms with Gasteiger partial charge < -0.3 is 27.0 Å². The van der Waals surface area contributed by atoms with Gasteiger partial charge >= 0.3 is 7.25 Å². The van der Waals surface area contributed by atoms with Crippen molar-refractivity contribution in [2.45, 2.75) is 39.0 Å². The van der Waals surface area contributed by atoms with Gasteiger partial charge in [-0.25, -0.2) is 4.58 Å². The molecule has 0 aromatic heterocycles. The summed E-state index contributed by atoms with van der Waals surface area (Å²) in [5, 5.41) is 3.92. The molecule has 0 bridgehead atoms. The van der Waals surface area contributed by atoms with Gasteiger partial charge in [0.15, 0.2) is 0 Å². The zero-order valence-corrected chi connectivity index (χ0v) is 26.7. The molecule has 0 amide bonds. The van der Waals surface area contributed by atoms with Crippen molar-refractivity contribution in [1.29, 1.82) is 0 Å². The predicted octanol–water partition coefficient (Wildman–Crippen LogP) is 5.95. The molecular weight excluding hydrogens is 639 g/mol. The predicted molar refractivity (Wildman–Crippen MR) is 170 cm³/mol. The Labute approximate surface area is 260 Å². The molecule has 0 spiro atoms. The molecule has 0 fully saturated rings. The van der Waals surface area contributed by atoms with E-state index in [4.69, 9.17) is 13.5 Å². The van der Waals surface area contributed by atoms with Crippen LogP contribution < -0.4 is 15.2 Å². The van der Waals surface area contributed by atoms with Gasteiger partial charge in [0.25, 0.3) is 20.2 Å². The molecule has 248 valence electrons. The first-order chi connectivity index (χ1) is 20.7. The van der Waals surface area contributed by atoms with E-state index < -0.39 is 39.0 Å². The van der Waals surface area contributed by atoms with Gasteiger partial charge in [0.2, 0.25) is 5.36 Å². The number of halogens is 4. The average molecular weight is 677 g/mol. The van der Waals surface area contributed by atoms with E-state index in [1.54, 1.807) is 0 Å². The number of para-hydroxylation sites is 1. The maximum absolute atomic E-state index is 11.2. The van der Waals surface area contributed by atoms with E-state index in [1.165, 1.54) is 0 Å². The zero-order valence-electron chi connectivity index (χ0n) is 25.0. The lowest BCUT2D eigenvalue weighted by Gasteiger charge is -2.20. The smallest absolute Gasteiger partial charge is 0.460 e. The molecule has 3 rings (SSSR count). The summed E-state index contributed by atoms with van der Waals surface area (Å²) >= 11 is 0. The van der Waals surface area contributed by atoms with Crippen molar-refractivity contribution < 1.29 is 47.6 Å². The third kappa shape index (κ3) is 15.9. The lowest BCUT2D eigenvalue weighted by Crippen LogP contribution is -2.33. The quantitative estimate of drug-likeness (QED) is 0.0705. The highest BCUT2D eigenvalue weighted by Crippen LogP contribution is 2.33. The van der Waals surface area contributed by atoms with Crippen LogP contribution in [0.25, 0.3) is 17.4 Å². The molecule has 1 aromatic rings. The van der Waals surface area contributed by atoms with Gasteiger partial charge in [0, 0.05) is 41.8 Å². The minimum atomic E-state index is -6.00. The maximum atomic E-state index is 11.2. The monoisotopic (exact) mass is 676 g/mol. The topological polar surface area (TPSA) is 137 Å². The maximum Gasteiger partial charge on any atom is 0.673 e. The minimum absolute atomic E-state index is 0.138. The number of hydrogen-bond donors (Lipinski definition) is 3. The molecule has 16 heteroatoms. The number of benzene rings is 2. The van der Waals surface area contributed by atoms with Gasteiger partial charge in [-0.15, -0.1) is 0 Å². The van der Waals surface area contributed by atoms with Crippen molar-refractivity contribution in [2.24, 2.45) is 0 Å². The summed E-state index contributed by atoms with van der Waals surface area (Å²) in [5.41, 5.74) is 2.53. The third-order valence-electron chi connectivity index (χ3n) is 6.05. The Morgan fingerprint density at radius 2 is 1.42 bits per heavy atom. The van der Waals surface area contributed by atoms with Crippen molar-refractivity contribution in [3.63, 3.8) is 0 Å². The van der Waals surface area contributed by atoms with Gasteiger partial charge in [0.05, 0.1) is 17.6 Å². The molecule has 3 N–H and O–H groups in total. The second kappa shape index (κ2) is 16.2. The Bertz CT molecular complexity index is 1670. The summed E-state index contributed by atoms with van der Waals surface area (Å²) < 4.78 is 110. The van der Waals surface area contributed by atoms with Crippen LogP contribution in [0.3, 0.4) is 0 Å². The summed E-state index contributed by atoms with van der Waals surface area (Å²) in [6, 6.07) is 17.4. The van der Waals surface area contributed by atoms with Gasteiger partial charge in [-0.2, -0.15) is 16.8 Å². The number of allylic oxidation sites excluding steroid dienone is 2. The van der Waals surface area contributed by atoms with E-state index in [0.717, 1.165) is 22.6 Å². The zero-order chi connectivity index (χ0) is 33.9. The van der Waals surface area contributed by atoms with E-state index in [9.17, 15) is 34.1 Å². The summed E-state index contributed by atoms with van der Waals surface area (Å²) in [7, 11) is -14.3. The molecular formula is C29H37BF4N2O7S2. The number of fused-ring (bicyclic) bond motifs is 1. The van der Waals surface area contributed by atoms with Crippen molar-refractivity contribution >= 4 is 39.3 Å². The lowest BCUT2D eigenvalue weighted by molar-refractivity contribution is 0.368. The number of hydrogen-bond acceptors (Lipinski definition) is 6. The van der Waals surface area contributed by atoms with Crippen LogP contribution in [0, 0.1) is 0 Å². The first-order valence-electron chi connectivity index (χ1n) is 13.8. The summed E-state index contributed by atoms with van der Waals surface area (Å²) in [5.74, 6) is 0.545. The van der Waals surface area contributed by atoms with E-state index >= 15 is 0 Å². The Hall–Kier alpha value is -3.47. The molecule has 1 aliphatic carbocycles. The average Bonchev–Trinajstić information content (AvgIpc) is 2.89. The lowest BCUT2D eigenvalue weighted by atomic mass is 9.90. The van der Waals surface area contributed by atoms with Gasteiger partial charge in [0.1, 0.15) is 24.6 Å². The fourth-order valence-electron chi connectivity index (χ4n) is 4.04. The molecule has 0 radical (unpaired) electrons. The van der Waals surface area contributed by atoms with Crippen LogP contribution in [0.2, 0.25) is 0 Å². The molecule has 0 saturated heterocycles. The molecule has 9 nitrogen and oxygen atoms in total. The fraction of sp³-hybridized carbons (Fsp3) is 0.345. The van der Waals surface area contributed by atoms with Crippen LogP contribution >= 0.6 is 0 Å². The molecule has 2 aliphatic rings. The van der Waals surface area contributed by atoms with Gasteiger partial charge in [-0.05, 0) is 35.9 Å². The Kier molecular flexibility index (Phi) is 13.6. The second-order valence-corrected chi connectivity index (χ2v) is 14.1. The number of rotatable bonds is 12. The minimum Gasteiger partial charge on any atom is -0.460 e. The van der Waals surface area contributed by atoms with Crippen molar-refractivity contribution in [1.82, 2.24) is 4.58 Å². The molecule has 45 heavy (non-hydrogen) atoms. The van der Waals surface area contributed by atoms with Crippen LogP contribution in [0.15, 0.2) is 77.4 Å². The van der Waals surface area contributed by atoms with Crippen molar-refractivity contribution in [3.05, 3.63) is 89.6 Å². The largest absolute Gasteiger partial charge is 0.673 e. The SMILES string of the molecule is CC(C)(C)c1cc(/C=C/C=C/Nc2ccccc2)c2ccc(=[N+](CCCS(=O)(=O)O)CCCS(=O)(=O)O)cc-2o1.F[B-](F)(F)F. The van der Waals surface area contributed by atoms with E-state index in [1.807, 2.05) is 83.6 Å². The number of nitrogens with zero attached hydrogens (tertiary/aromatic N) is 1.